The second kappa shape index (κ2) is 6.16. The lowest BCUT2D eigenvalue weighted by Gasteiger charge is -2.05. The zero-order valence-electron chi connectivity index (χ0n) is 13.8. The van der Waals surface area contributed by atoms with Crippen molar-refractivity contribution in [2.45, 2.75) is 13.2 Å². The van der Waals surface area contributed by atoms with Gasteiger partial charge in [0.15, 0.2) is 6.29 Å². The topological polar surface area (TPSA) is 69.1 Å². The quantitative estimate of drug-likeness (QED) is 0.493. The van der Waals surface area contributed by atoms with E-state index in [-0.39, 0.29) is 0 Å². The normalized spacial score (nSPS) is 11.4. The van der Waals surface area contributed by atoms with Crippen LogP contribution in [0.3, 0.4) is 0 Å². The van der Waals surface area contributed by atoms with Gasteiger partial charge in [0.05, 0.1) is 11.0 Å². The molecule has 0 bridgehead atoms. The molecule has 0 radical (unpaired) electrons. The van der Waals surface area contributed by atoms with Crippen LogP contribution in [-0.2, 0) is 0 Å². The molecule has 4 heteroatoms. The van der Waals surface area contributed by atoms with Gasteiger partial charge in [-0.25, -0.2) is 4.98 Å². The van der Waals surface area contributed by atoms with Crippen LogP contribution < -0.4 is 0 Å². The lowest BCUT2D eigenvalue weighted by Crippen LogP contribution is -1.96. The van der Waals surface area contributed by atoms with Crippen LogP contribution in [0.5, 0.6) is 0 Å². The number of fused-ring (bicyclic) bond motifs is 1. The summed E-state index contributed by atoms with van der Waals surface area (Å²) in [5, 5.41) is 19.2. The Morgan fingerprint density at radius 1 is 0.840 bits per heavy atom. The fourth-order valence-corrected chi connectivity index (χ4v) is 3.08. The van der Waals surface area contributed by atoms with E-state index in [1.807, 2.05) is 43.3 Å². The number of aliphatic hydroxyl groups excluding tert-OH is 1. The van der Waals surface area contributed by atoms with Crippen molar-refractivity contribution >= 4 is 11.0 Å². The maximum atomic E-state index is 9.59. The molecule has 4 nitrogen and oxygen atoms in total. The van der Waals surface area contributed by atoms with Crippen LogP contribution >= 0.6 is 0 Å². The minimum Gasteiger partial charge on any atom is -0.364 e. The van der Waals surface area contributed by atoms with Crippen LogP contribution in [0, 0.1) is 6.92 Å². The lowest BCUT2D eigenvalue weighted by atomic mass is 10.0. The van der Waals surface area contributed by atoms with Gasteiger partial charge in [-0.3, -0.25) is 0 Å². The standard InChI is InChI=1S/C21H18N2O2/c1-13-11-17(21(24)25)19-18(12-13)22-20(23-19)16-9-7-15(8-10-16)14-5-3-2-4-6-14/h2-12,21,24-25H,1H3,(H,22,23). The van der Waals surface area contributed by atoms with Crippen LogP contribution in [0.4, 0.5) is 0 Å². The van der Waals surface area contributed by atoms with E-state index >= 15 is 0 Å². The molecule has 1 heterocycles. The van der Waals surface area contributed by atoms with Gasteiger partial charge in [-0.2, -0.15) is 0 Å². The minimum atomic E-state index is -1.54. The van der Waals surface area contributed by atoms with Crippen molar-refractivity contribution in [2.75, 3.05) is 0 Å². The third-order valence-corrected chi connectivity index (χ3v) is 4.30. The van der Waals surface area contributed by atoms with Crippen LogP contribution in [0.15, 0.2) is 66.7 Å². The second-order valence-electron chi connectivity index (χ2n) is 6.15. The predicted molar refractivity (Wildman–Crippen MR) is 98.9 cm³/mol. The fourth-order valence-electron chi connectivity index (χ4n) is 3.08. The predicted octanol–water partition coefficient (Wildman–Crippen LogP) is 4.19. The summed E-state index contributed by atoms with van der Waals surface area (Å²) in [5.41, 5.74) is 6.01. The van der Waals surface area contributed by atoms with Gasteiger partial charge in [-0.15, -0.1) is 0 Å². The summed E-state index contributed by atoms with van der Waals surface area (Å²) in [4.78, 5) is 7.85. The van der Waals surface area contributed by atoms with Gasteiger partial charge in [0.25, 0.3) is 0 Å². The molecule has 0 amide bonds. The number of hydrogen-bond acceptors (Lipinski definition) is 3. The number of aryl methyl sites for hydroxylation is 1. The monoisotopic (exact) mass is 330 g/mol. The van der Waals surface area contributed by atoms with Crippen LogP contribution in [-0.4, -0.2) is 20.2 Å². The number of hydrogen-bond donors (Lipinski definition) is 3. The fraction of sp³-hybridized carbons (Fsp3) is 0.0952. The van der Waals surface area contributed by atoms with Crippen molar-refractivity contribution in [3.8, 4) is 22.5 Å². The van der Waals surface area contributed by atoms with E-state index in [2.05, 4.69) is 34.2 Å². The summed E-state index contributed by atoms with van der Waals surface area (Å²) in [5.74, 6) is 0.710. The van der Waals surface area contributed by atoms with Crippen molar-refractivity contribution < 1.29 is 10.2 Å². The summed E-state index contributed by atoms with van der Waals surface area (Å²) in [6, 6.07) is 22.0. The van der Waals surface area contributed by atoms with E-state index in [0.717, 1.165) is 22.2 Å². The molecule has 0 atom stereocenters. The number of aromatic nitrogens is 2. The highest BCUT2D eigenvalue weighted by molar-refractivity contribution is 5.83. The average molecular weight is 330 g/mol. The summed E-state index contributed by atoms with van der Waals surface area (Å²) in [7, 11) is 0. The molecule has 0 unspecified atom stereocenters. The number of rotatable bonds is 3. The molecule has 124 valence electrons. The van der Waals surface area contributed by atoms with Crippen molar-refractivity contribution in [1.29, 1.82) is 0 Å². The molecular weight excluding hydrogens is 312 g/mol. The highest BCUT2D eigenvalue weighted by atomic mass is 16.5. The molecule has 0 aliphatic rings. The molecule has 1 aromatic heterocycles. The summed E-state index contributed by atoms with van der Waals surface area (Å²) >= 11 is 0. The number of aliphatic hydroxyl groups is 2. The van der Waals surface area contributed by atoms with Crippen molar-refractivity contribution in [1.82, 2.24) is 9.97 Å². The number of nitrogens with zero attached hydrogens (tertiary/aromatic N) is 1. The molecule has 0 fully saturated rings. The number of imidazole rings is 1. The zero-order chi connectivity index (χ0) is 17.4. The lowest BCUT2D eigenvalue weighted by molar-refractivity contribution is -0.0414. The van der Waals surface area contributed by atoms with E-state index < -0.39 is 6.29 Å². The van der Waals surface area contributed by atoms with Gasteiger partial charge in [-0.05, 0) is 35.7 Å². The smallest absolute Gasteiger partial charge is 0.180 e. The molecule has 0 spiro atoms. The largest absolute Gasteiger partial charge is 0.364 e. The Bertz CT molecular complexity index is 1020. The first-order valence-corrected chi connectivity index (χ1v) is 8.14. The van der Waals surface area contributed by atoms with Gasteiger partial charge in [0.2, 0.25) is 0 Å². The van der Waals surface area contributed by atoms with Crippen LogP contribution in [0.1, 0.15) is 17.4 Å². The zero-order valence-corrected chi connectivity index (χ0v) is 13.8. The highest BCUT2D eigenvalue weighted by Crippen LogP contribution is 2.28. The third-order valence-electron chi connectivity index (χ3n) is 4.30. The van der Waals surface area contributed by atoms with E-state index in [1.165, 1.54) is 5.56 Å². The van der Waals surface area contributed by atoms with Gasteiger partial charge in [-0.1, -0.05) is 54.6 Å². The molecule has 0 aliphatic carbocycles. The van der Waals surface area contributed by atoms with Crippen molar-refractivity contribution in [3.63, 3.8) is 0 Å². The summed E-state index contributed by atoms with van der Waals surface area (Å²) in [6.07, 6.45) is -1.54. The first-order valence-electron chi connectivity index (χ1n) is 8.14. The second-order valence-corrected chi connectivity index (χ2v) is 6.15. The third kappa shape index (κ3) is 2.93. The Balaban J connectivity index is 1.76. The van der Waals surface area contributed by atoms with Gasteiger partial charge >= 0.3 is 0 Å². The number of nitrogens with one attached hydrogen (secondary N) is 1. The molecule has 3 aromatic carbocycles. The van der Waals surface area contributed by atoms with Gasteiger partial charge < -0.3 is 15.2 Å². The maximum absolute atomic E-state index is 9.59. The molecule has 4 aromatic rings. The number of H-pyrrole nitrogens is 1. The average Bonchev–Trinajstić information content (AvgIpc) is 3.05. The molecule has 0 saturated carbocycles. The van der Waals surface area contributed by atoms with Gasteiger partial charge in [0, 0.05) is 11.1 Å². The molecular formula is C21H18N2O2. The SMILES string of the molecule is Cc1cc(C(O)O)c2nc(-c3ccc(-c4ccccc4)cc3)[nH]c2c1. The number of benzene rings is 3. The molecule has 0 aliphatic heterocycles. The molecule has 0 saturated heterocycles. The van der Waals surface area contributed by atoms with Crippen LogP contribution in [0.25, 0.3) is 33.5 Å². The Labute approximate surface area is 145 Å². The number of aromatic amines is 1. The van der Waals surface area contributed by atoms with E-state index in [0.29, 0.717) is 16.9 Å². The maximum Gasteiger partial charge on any atom is 0.180 e. The summed E-state index contributed by atoms with van der Waals surface area (Å²) in [6.45, 7) is 1.92. The van der Waals surface area contributed by atoms with Gasteiger partial charge in [0.1, 0.15) is 5.82 Å². The first-order chi connectivity index (χ1) is 12.1. The molecule has 25 heavy (non-hydrogen) atoms. The highest BCUT2D eigenvalue weighted by Gasteiger charge is 2.14. The minimum absolute atomic E-state index is 0.415. The van der Waals surface area contributed by atoms with E-state index in [1.54, 1.807) is 6.07 Å². The van der Waals surface area contributed by atoms with E-state index in [9.17, 15) is 10.2 Å². The van der Waals surface area contributed by atoms with E-state index in [4.69, 9.17) is 0 Å². The Kier molecular flexibility index (Phi) is 3.84. The first kappa shape index (κ1) is 15.6. The molecule has 3 N–H and O–H groups in total. The van der Waals surface area contributed by atoms with Crippen molar-refractivity contribution in [3.05, 3.63) is 77.9 Å². The molecule has 4 rings (SSSR count). The Morgan fingerprint density at radius 2 is 1.48 bits per heavy atom. The van der Waals surface area contributed by atoms with Crippen LogP contribution in [0.2, 0.25) is 0 Å². The Hall–Kier alpha value is -2.95. The Morgan fingerprint density at radius 3 is 2.16 bits per heavy atom. The van der Waals surface area contributed by atoms with Crippen molar-refractivity contribution in [2.24, 2.45) is 0 Å². The summed E-state index contributed by atoms with van der Waals surface area (Å²) < 4.78 is 0.